The quantitative estimate of drug-likeness (QED) is 0.837. The molecular formula is C11H13ClN2O3S. The van der Waals surface area contributed by atoms with Gasteiger partial charge in [-0.3, -0.25) is 4.79 Å². The zero-order valence-electron chi connectivity index (χ0n) is 9.60. The summed E-state index contributed by atoms with van der Waals surface area (Å²) in [6, 6.07) is 4.56. The summed E-state index contributed by atoms with van der Waals surface area (Å²) in [7, 11) is -3.70. The first-order valence-corrected chi connectivity index (χ1v) is 7.53. The van der Waals surface area contributed by atoms with Gasteiger partial charge in [0.2, 0.25) is 15.9 Å². The lowest BCUT2D eigenvalue weighted by Crippen LogP contribution is -2.28. The van der Waals surface area contributed by atoms with Gasteiger partial charge in [-0.2, -0.15) is 0 Å². The Morgan fingerprint density at radius 3 is 2.78 bits per heavy atom. The number of hydrogen-bond acceptors (Lipinski definition) is 3. The van der Waals surface area contributed by atoms with E-state index in [2.05, 4.69) is 0 Å². The van der Waals surface area contributed by atoms with E-state index in [1.165, 1.54) is 12.1 Å². The fourth-order valence-corrected chi connectivity index (χ4v) is 2.76. The van der Waals surface area contributed by atoms with E-state index in [4.69, 9.17) is 16.7 Å². The summed E-state index contributed by atoms with van der Waals surface area (Å²) in [5.74, 6) is 0.229. The lowest BCUT2D eigenvalue weighted by molar-refractivity contribution is -0.118. The highest BCUT2D eigenvalue weighted by molar-refractivity contribution is 7.89. The van der Waals surface area contributed by atoms with Gasteiger partial charge in [0.05, 0.1) is 4.90 Å². The van der Waals surface area contributed by atoms with Crippen LogP contribution in [0.15, 0.2) is 23.1 Å². The number of carbonyl (C=O) groups is 1. The molecule has 0 atom stereocenters. The van der Waals surface area contributed by atoms with Crippen LogP contribution in [0.3, 0.4) is 0 Å². The molecule has 0 bridgehead atoms. The van der Waals surface area contributed by atoms with E-state index in [0.29, 0.717) is 13.0 Å². The molecule has 2 rings (SSSR count). The van der Waals surface area contributed by atoms with Gasteiger partial charge in [-0.1, -0.05) is 0 Å². The molecule has 1 amide bonds. The lowest BCUT2D eigenvalue weighted by Gasteiger charge is -2.16. The first kappa shape index (κ1) is 13.3. The van der Waals surface area contributed by atoms with Crippen molar-refractivity contribution in [1.82, 2.24) is 0 Å². The molecule has 1 aliphatic heterocycles. The van der Waals surface area contributed by atoms with Crippen LogP contribution in [0, 0.1) is 0 Å². The van der Waals surface area contributed by atoms with Crippen LogP contribution < -0.4 is 10.0 Å². The topological polar surface area (TPSA) is 80.5 Å². The molecule has 5 nitrogen and oxygen atoms in total. The fraction of sp³-hybridized carbons (Fsp3) is 0.364. The lowest BCUT2D eigenvalue weighted by atomic mass is 10.2. The Balaban J connectivity index is 2.34. The first-order valence-electron chi connectivity index (χ1n) is 5.45. The van der Waals surface area contributed by atoms with Gasteiger partial charge in [-0.15, -0.1) is 11.6 Å². The molecule has 1 aromatic rings. The van der Waals surface area contributed by atoms with E-state index in [1.807, 2.05) is 0 Å². The summed E-state index contributed by atoms with van der Waals surface area (Å²) in [4.78, 5) is 13.5. The molecular weight excluding hydrogens is 276 g/mol. The summed E-state index contributed by atoms with van der Waals surface area (Å²) < 4.78 is 22.5. The van der Waals surface area contributed by atoms with Crippen LogP contribution in [0.2, 0.25) is 0 Å². The maximum atomic E-state index is 11.8. The second-order valence-corrected chi connectivity index (χ2v) is 6.01. The number of nitrogens with zero attached hydrogens (tertiary/aromatic N) is 1. The predicted molar refractivity (Wildman–Crippen MR) is 69.2 cm³/mol. The highest BCUT2D eigenvalue weighted by Crippen LogP contribution is 2.30. The van der Waals surface area contributed by atoms with Crippen molar-refractivity contribution in [3.05, 3.63) is 23.8 Å². The second kappa shape index (κ2) is 4.87. The number of primary sulfonamides is 1. The highest BCUT2D eigenvalue weighted by atomic mass is 35.5. The Kier molecular flexibility index (Phi) is 3.61. The summed E-state index contributed by atoms with van der Waals surface area (Å²) in [5, 5.41) is 5.07. The van der Waals surface area contributed by atoms with Crippen molar-refractivity contribution in [2.75, 3.05) is 17.3 Å². The van der Waals surface area contributed by atoms with Gasteiger partial charge in [0.1, 0.15) is 0 Å². The number of anilines is 1. The van der Waals surface area contributed by atoms with E-state index in [-0.39, 0.29) is 23.1 Å². The van der Waals surface area contributed by atoms with Crippen molar-refractivity contribution in [3.8, 4) is 0 Å². The zero-order chi connectivity index (χ0) is 13.3. The summed E-state index contributed by atoms with van der Waals surface area (Å²) in [6.45, 7) is 0.555. The number of rotatable bonds is 3. The molecule has 98 valence electrons. The predicted octanol–water partition coefficient (Wildman–Crippen LogP) is 0.852. The van der Waals surface area contributed by atoms with E-state index in [0.717, 1.165) is 11.3 Å². The van der Waals surface area contributed by atoms with Crippen molar-refractivity contribution >= 4 is 33.2 Å². The molecule has 1 aromatic carbocycles. The molecule has 0 saturated heterocycles. The van der Waals surface area contributed by atoms with E-state index in [1.54, 1.807) is 11.0 Å². The third kappa shape index (κ3) is 2.50. The number of amides is 1. The number of benzene rings is 1. The Labute approximate surface area is 111 Å². The molecule has 1 aliphatic rings. The molecule has 18 heavy (non-hydrogen) atoms. The smallest absolute Gasteiger partial charge is 0.238 e. The third-order valence-electron chi connectivity index (χ3n) is 2.88. The van der Waals surface area contributed by atoms with Gasteiger partial charge < -0.3 is 4.90 Å². The zero-order valence-corrected chi connectivity index (χ0v) is 11.2. The molecule has 0 aliphatic carbocycles. The third-order valence-corrected chi connectivity index (χ3v) is 3.98. The molecule has 0 spiro atoms. The van der Waals surface area contributed by atoms with Crippen LogP contribution in [-0.2, 0) is 21.2 Å². The minimum Gasteiger partial charge on any atom is -0.312 e. The number of sulfonamides is 1. The van der Waals surface area contributed by atoms with E-state index in [9.17, 15) is 13.2 Å². The van der Waals surface area contributed by atoms with Crippen LogP contribution in [-0.4, -0.2) is 26.7 Å². The number of nitrogens with two attached hydrogens (primary N) is 1. The van der Waals surface area contributed by atoms with E-state index < -0.39 is 10.0 Å². The molecule has 2 N–H and O–H groups in total. The molecule has 0 unspecified atom stereocenters. The minimum atomic E-state index is -3.70. The molecule has 1 heterocycles. The van der Waals surface area contributed by atoms with Gasteiger partial charge in [0, 0.05) is 24.5 Å². The number of carbonyl (C=O) groups excluding carboxylic acids is 1. The molecule has 0 fully saturated rings. The number of hydrogen-bond donors (Lipinski definition) is 1. The van der Waals surface area contributed by atoms with Gasteiger partial charge in [-0.25, -0.2) is 13.6 Å². The van der Waals surface area contributed by atoms with Crippen LogP contribution in [0.25, 0.3) is 0 Å². The van der Waals surface area contributed by atoms with Crippen molar-refractivity contribution < 1.29 is 13.2 Å². The second-order valence-electron chi connectivity index (χ2n) is 4.07. The Hall–Kier alpha value is -1.11. The number of fused-ring (bicyclic) bond motifs is 1. The summed E-state index contributed by atoms with van der Waals surface area (Å²) in [5.41, 5.74) is 1.57. The molecule has 0 saturated carbocycles. The standard InChI is InChI=1S/C11H13ClN2O3S/c12-5-3-11(15)14-6-4-8-7-9(18(13,16)17)1-2-10(8)14/h1-2,7H,3-6H2,(H2,13,16,17). The van der Waals surface area contributed by atoms with Crippen LogP contribution in [0.5, 0.6) is 0 Å². The Morgan fingerprint density at radius 1 is 1.44 bits per heavy atom. The van der Waals surface area contributed by atoms with Gasteiger partial charge >= 0.3 is 0 Å². The van der Waals surface area contributed by atoms with E-state index >= 15 is 0 Å². The normalized spacial score (nSPS) is 14.7. The number of alkyl halides is 1. The maximum absolute atomic E-state index is 11.8. The number of halogens is 1. The van der Waals surface area contributed by atoms with Crippen LogP contribution in [0.1, 0.15) is 12.0 Å². The van der Waals surface area contributed by atoms with Gasteiger partial charge in [0.25, 0.3) is 0 Å². The maximum Gasteiger partial charge on any atom is 0.238 e. The van der Waals surface area contributed by atoms with Crippen molar-refractivity contribution in [1.29, 1.82) is 0 Å². The molecule has 0 aromatic heterocycles. The average Bonchev–Trinajstić information content (AvgIpc) is 2.70. The molecule has 7 heteroatoms. The Morgan fingerprint density at radius 2 is 2.17 bits per heavy atom. The van der Waals surface area contributed by atoms with Crippen LogP contribution in [0.4, 0.5) is 5.69 Å². The summed E-state index contributed by atoms with van der Waals surface area (Å²) in [6.07, 6.45) is 0.907. The van der Waals surface area contributed by atoms with Crippen molar-refractivity contribution in [2.45, 2.75) is 17.7 Å². The summed E-state index contributed by atoms with van der Waals surface area (Å²) >= 11 is 5.54. The van der Waals surface area contributed by atoms with Gasteiger partial charge in [-0.05, 0) is 30.2 Å². The highest BCUT2D eigenvalue weighted by Gasteiger charge is 2.25. The van der Waals surface area contributed by atoms with Gasteiger partial charge in [0.15, 0.2) is 0 Å². The van der Waals surface area contributed by atoms with Crippen LogP contribution >= 0.6 is 11.6 Å². The van der Waals surface area contributed by atoms with Crippen molar-refractivity contribution in [2.24, 2.45) is 5.14 Å². The molecule has 0 radical (unpaired) electrons. The Bertz CT molecular complexity index is 586. The van der Waals surface area contributed by atoms with Crippen molar-refractivity contribution in [3.63, 3.8) is 0 Å². The first-order chi connectivity index (χ1) is 8.43. The largest absolute Gasteiger partial charge is 0.312 e. The minimum absolute atomic E-state index is 0.0490. The fourth-order valence-electron chi connectivity index (χ4n) is 2.03. The average molecular weight is 289 g/mol. The SMILES string of the molecule is NS(=O)(=O)c1ccc2c(c1)CCN2C(=O)CCCl. The monoisotopic (exact) mass is 288 g/mol.